The lowest BCUT2D eigenvalue weighted by atomic mass is 10.1. The topological polar surface area (TPSA) is 30.2 Å². The molecule has 0 aliphatic heterocycles. The number of pyridine rings is 2. The van der Waals surface area contributed by atoms with Crippen LogP contribution >= 0.6 is 0 Å². The first kappa shape index (κ1) is 11.2. The minimum absolute atomic E-state index is 0.900. The van der Waals surface area contributed by atoms with Gasteiger partial charge in [-0.2, -0.15) is 0 Å². The minimum atomic E-state index is 0.900. The Balaban J connectivity index is 1.99. The second-order valence-electron chi connectivity index (χ2n) is 4.97. The Morgan fingerprint density at radius 2 is 1.75 bits per heavy atom. The first-order valence-corrected chi connectivity index (χ1v) is 6.61. The Bertz CT molecular complexity index is 904. The average molecular weight is 259 g/mol. The second kappa shape index (κ2) is 4.17. The Labute approximate surface area is 116 Å². The monoisotopic (exact) mass is 259 g/mol. The highest BCUT2D eigenvalue weighted by atomic mass is 15.0. The molecule has 0 spiro atoms. The van der Waals surface area contributed by atoms with Crippen LogP contribution in [-0.2, 0) is 0 Å². The normalized spacial score (nSPS) is 11.2. The van der Waals surface area contributed by atoms with Crippen LogP contribution in [-0.4, -0.2) is 14.4 Å². The van der Waals surface area contributed by atoms with Crippen molar-refractivity contribution < 1.29 is 0 Å². The first-order chi connectivity index (χ1) is 9.81. The van der Waals surface area contributed by atoms with Gasteiger partial charge in [0.15, 0.2) is 5.65 Å². The van der Waals surface area contributed by atoms with Gasteiger partial charge < -0.3 is 4.40 Å². The van der Waals surface area contributed by atoms with Gasteiger partial charge in [-0.15, -0.1) is 0 Å². The number of aryl methyl sites for hydroxylation is 1. The first-order valence-electron chi connectivity index (χ1n) is 6.61. The van der Waals surface area contributed by atoms with Crippen molar-refractivity contribution in [3.63, 3.8) is 0 Å². The fraction of sp³-hybridized carbons (Fsp3) is 0.0588. The van der Waals surface area contributed by atoms with E-state index in [4.69, 9.17) is 4.98 Å². The smallest absolute Gasteiger partial charge is 0.163 e. The fourth-order valence-electron chi connectivity index (χ4n) is 2.45. The van der Waals surface area contributed by atoms with E-state index < -0.39 is 0 Å². The summed E-state index contributed by atoms with van der Waals surface area (Å²) in [7, 11) is 0. The lowest BCUT2D eigenvalue weighted by Crippen LogP contribution is -1.90. The molecule has 0 atom stereocenters. The number of rotatable bonds is 1. The van der Waals surface area contributed by atoms with E-state index in [0.717, 1.165) is 27.8 Å². The van der Waals surface area contributed by atoms with Crippen LogP contribution in [0.2, 0.25) is 0 Å². The van der Waals surface area contributed by atoms with Gasteiger partial charge in [-0.05, 0) is 19.1 Å². The molecule has 0 N–H and O–H groups in total. The average Bonchev–Trinajstić information content (AvgIpc) is 2.96. The SMILES string of the molecule is Cc1ccc(-c2ccc3ccn4ccnc4c3n2)cc1. The number of nitrogens with zero attached hydrogens (tertiary/aromatic N) is 3. The van der Waals surface area contributed by atoms with Crippen LogP contribution in [0.3, 0.4) is 0 Å². The molecule has 4 rings (SSSR count). The molecule has 20 heavy (non-hydrogen) atoms. The molecule has 0 saturated heterocycles. The summed E-state index contributed by atoms with van der Waals surface area (Å²) < 4.78 is 1.99. The summed E-state index contributed by atoms with van der Waals surface area (Å²) in [6.45, 7) is 2.09. The van der Waals surface area contributed by atoms with Crippen molar-refractivity contribution in [3.8, 4) is 11.3 Å². The highest BCUT2D eigenvalue weighted by Crippen LogP contribution is 2.23. The standard InChI is InChI=1S/C17H13N3/c1-12-2-4-13(5-3-12)15-7-6-14-8-10-20-11-9-18-17(20)16(14)19-15/h2-11H,1H3. The molecule has 0 aliphatic carbocycles. The minimum Gasteiger partial charge on any atom is -0.305 e. The lowest BCUT2D eigenvalue weighted by molar-refractivity contribution is 1.19. The third kappa shape index (κ3) is 1.67. The van der Waals surface area contributed by atoms with E-state index in [0.29, 0.717) is 0 Å². The van der Waals surface area contributed by atoms with E-state index >= 15 is 0 Å². The van der Waals surface area contributed by atoms with E-state index in [9.17, 15) is 0 Å². The second-order valence-corrected chi connectivity index (χ2v) is 4.97. The van der Waals surface area contributed by atoms with Gasteiger partial charge in [0.25, 0.3) is 0 Å². The number of aromatic nitrogens is 3. The van der Waals surface area contributed by atoms with Gasteiger partial charge in [0.1, 0.15) is 5.52 Å². The summed E-state index contributed by atoms with van der Waals surface area (Å²) in [5, 5.41) is 1.11. The third-order valence-corrected chi connectivity index (χ3v) is 3.57. The van der Waals surface area contributed by atoms with E-state index in [1.165, 1.54) is 5.56 Å². The van der Waals surface area contributed by atoms with E-state index in [1.54, 1.807) is 6.20 Å². The highest BCUT2D eigenvalue weighted by Gasteiger charge is 2.06. The maximum absolute atomic E-state index is 4.79. The van der Waals surface area contributed by atoms with Crippen molar-refractivity contribution in [1.29, 1.82) is 0 Å². The van der Waals surface area contributed by atoms with Gasteiger partial charge in [-0.3, -0.25) is 0 Å². The zero-order valence-corrected chi connectivity index (χ0v) is 11.1. The van der Waals surface area contributed by atoms with Crippen LogP contribution in [0.15, 0.2) is 61.1 Å². The number of benzene rings is 1. The molecule has 4 aromatic rings. The Kier molecular flexibility index (Phi) is 2.33. The largest absolute Gasteiger partial charge is 0.305 e. The molecule has 3 nitrogen and oxygen atoms in total. The van der Waals surface area contributed by atoms with Gasteiger partial charge in [-0.25, -0.2) is 9.97 Å². The van der Waals surface area contributed by atoms with Crippen molar-refractivity contribution in [2.24, 2.45) is 0 Å². The molecule has 0 bridgehead atoms. The number of imidazole rings is 1. The molecule has 3 heterocycles. The van der Waals surface area contributed by atoms with Crippen molar-refractivity contribution in [3.05, 3.63) is 66.6 Å². The lowest BCUT2D eigenvalue weighted by Gasteiger charge is -2.05. The predicted octanol–water partition coefficient (Wildman–Crippen LogP) is 3.86. The molecule has 96 valence electrons. The molecule has 0 amide bonds. The zero-order valence-electron chi connectivity index (χ0n) is 11.1. The Morgan fingerprint density at radius 1 is 0.900 bits per heavy atom. The molecule has 3 heteroatoms. The maximum atomic E-state index is 4.79. The van der Waals surface area contributed by atoms with E-state index in [1.807, 2.05) is 16.8 Å². The van der Waals surface area contributed by atoms with Crippen LogP contribution in [0, 0.1) is 6.92 Å². The van der Waals surface area contributed by atoms with Crippen molar-refractivity contribution in [2.45, 2.75) is 6.92 Å². The maximum Gasteiger partial charge on any atom is 0.163 e. The van der Waals surface area contributed by atoms with Gasteiger partial charge in [-0.1, -0.05) is 35.9 Å². The molecule has 3 aromatic heterocycles. The summed E-state index contributed by atoms with van der Waals surface area (Å²) in [5.41, 5.74) is 5.21. The summed E-state index contributed by atoms with van der Waals surface area (Å²) >= 11 is 0. The molecular weight excluding hydrogens is 246 g/mol. The van der Waals surface area contributed by atoms with Gasteiger partial charge in [0, 0.05) is 29.5 Å². The number of fused-ring (bicyclic) bond motifs is 3. The quantitative estimate of drug-likeness (QED) is 0.519. The Hall–Kier alpha value is -2.68. The van der Waals surface area contributed by atoms with Crippen molar-refractivity contribution in [2.75, 3.05) is 0 Å². The highest BCUT2D eigenvalue weighted by molar-refractivity contribution is 5.91. The zero-order chi connectivity index (χ0) is 13.5. The van der Waals surface area contributed by atoms with Crippen molar-refractivity contribution >= 4 is 16.6 Å². The van der Waals surface area contributed by atoms with Gasteiger partial charge in [0.2, 0.25) is 0 Å². The molecule has 0 aliphatic rings. The van der Waals surface area contributed by atoms with E-state index in [-0.39, 0.29) is 0 Å². The molecular formula is C17H13N3. The molecule has 0 saturated carbocycles. The van der Waals surface area contributed by atoms with Crippen LogP contribution in [0.5, 0.6) is 0 Å². The fourth-order valence-corrected chi connectivity index (χ4v) is 2.45. The van der Waals surface area contributed by atoms with Crippen LogP contribution in [0.1, 0.15) is 5.56 Å². The summed E-state index contributed by atoms with van der Waals surface area (Å²) in [6, 6.07) is 14.7. The van der Waals surface area contributed by atoms with Crippen LogP contribution in [0.4, 0.5) is 0 Å². The summed E-state index contributed by atoms with van der Waals surface area (Å²) in [6.07, 6.45) is 5.75. The molecule has 0 unspecified atom stereocenters. The molecule has 0 fully saturated rings. The summed E-state index contributed by atoms with van der Waals surface area (Å²) in [5.74, 6) is 0. The molecule has 1 aromatic carbocycles. The molecule has 0 radical (unpaired) electrons. The predicted molar refractivity (Wildman–Crippen MR) is 80.7 cm³/mol. The van der Waals surface area contributed by atoms with Gasteiger partial charge >= 0.3 is 0 Å². The third-order valence-electron chi connectivity index (χ3n) is 3.57. The number of hydrogen-bond acceptors (Lipinski definition) is 2. The number of hydrogen-bond donors (Lipinski definition) is 0. The van der Waals surface area contributed by atoms with Crippen molar-refractivity contribution in [1.82, 2.24) is 14.4 Å². The van der Waals surface area contributed by atoms with Gasteiger partial charge in [0.05, 0.1) is 5.69 Å². The van der Waals surface area contributed by atoms with E-state index in [2.05, 4.69) is 54.4 Å². The van der Waals surface area contributed by atoms with Crippen LogP contribution in [0.25, 0.3) is 27.8 Å². The Morgan fingerprint density at radius 3 is 2.60 bits per heavy atom. The summed E-state index contributed by atoms with van der Waals surface area (Å²) in [4.78, 5) is 9.19. The van der Waals surface area contributed by atoms with Crippen LogP contribution < -0.4 is 0 Å².